The van der Waals surface area contributed by atoms with Gasteiger partial charge in [0.2, 0.25) is 11.8 Å². The van der Waals surface area contributed by atoms with E-state index < -0.39 is 16.1 Å². The van der Waals surface area contributed by atoms with Crippen molar-refractivity contribution in [2.24, 2.45) is 7.05 Å². The van der Waals surface area contributed by atoms with Crippen molar-refractivity contribution in [1.29, 1.82) is 0 Å². The molecule has 0 aliphatic rings. The van der Waals surface area contributed by atoms with E-state index in [4.69, 9.17) is 18.9 Å². The van der Waals surface area contributed by atoms with Crippen LogP contribution in [0.3, 0.4) is 0 Å². The molecule has 0 aliphatic heterocycles. The molecule has 0 saturated carbocycles. The van der Waals surface area contributed by atoms with Gasteiger partial charge in [0.15, 0.2) is 6.79 Å². The van der Waals surface area contributed by atoms with Crippen LogP contribution in [-0.2, 0) is 29.8 Å². The molecule has 0 unspecified atom stereocenters. The van der Waals surface area contributed by atoms with Crippen LogP contribution >= 0.6 is 0 Å². The first kappa shape index (κ1) is 34.6. The van der Waals surface area contributed by atoms with E-state index in [9.17, 15) is 4.79 Å². The summed E-state index contributed by atoms with van der Waals surface area (Å²) in [5.74, 6) is 1.42. The van der Waals surface area contributed by atoms with Crippen molar-refractivity contribution in [3.05, 3.63) is 82.9 Å². The van der Waals surface area contributed by atoms with Crippen molar-refractivity contribution in [3.63, 3.8) is 0 Å². The lowest BCUT2D eigenvalue weighted by atomic mass is 10.1. The molecule has 0 bridgehead atoms. The molecule has 49 heavy (non-hydrogen) atoms. The molecule has 4 heterocycles. The Hall–Kier alpha value is -4.31. The van der Waals surface area contributed by atoms with Crippen LogP contribution in [0.25, 0.3) is 32.7 Å². The maximum atomic E-state index is 13.9. The quantitative estimate of drug-likeness (QED) is 0.0618. The third kappa shape index (κ3) is 8.29. The van der Waals surface area contributed by atoms with E-state index >= 15 is 0 Å². The van der Waals surface area contributed by atoms with E-state index in [1.807, 2.05) is 65.0 Å². The first-order valence-corrected chi connectivity index (χ1v) is 24.1. The second-order valence-corrected chi connectivity index (χ2v) is 26.1. The molecule has 0 saturated heterocycles. The number of hydrogen-bond acceptors (Lipinski definition) is 8. The normalized spacial score (nSPS) is 12.4. The van der Waals surface area contributed by atoms with Gasteiger partial charge in [-0.25, -0.2) is 9.36 Å². The summed E-state index contributed by atoms with van der Waals surface area (Å²) in [6.07, 6.45) is 3.61. The van der Waals surface area contributed by atoms with Crippen molar-refractivity contribution in [1.82, 2.24) is 29.1 Å². The molecule has 0 fully saturated rings. The van der Waals surface area contributed by atoms with Gasteiger partial charge in [-0.3, -0.25) is 4.79 Å². The third-order valence-electron chi connectivity index (χ3n) is 8.49. The van der Waals surface area contributed by atoms with Crippen LogP contribution in [0.4, 0.5) is 0 Å². The van der Waals surface area contributed by atoms with Gasteiger partial charge < -0.3 is 23.5 Å². The van der Waals surface area contributed by atoms with Crippen LogP contribution in [0, 0.1) is 0 Å². The van der Waals surface area contributed by atoms with Gasteiger partial charge in [-0.15, -0.1) is 0 Å². The van der Waals surface area contributed by atoms with Gasteiger partial charge in [0.25, 0.3) is 5.56 Å². The molecule has 258 valence electrons. The topological polar surface area (TPSA) is 107 Å². The predicted octanol–water partition coefficient (Wildman–Crippen LogP) is 7.48. The van der Waals surface area contributed by atoms with Crippen molar-refractivity contribution in [2.45, 2.75) is 64.6 Å². The first-order chi connectivity index (χ1) is 23.4. The molecule has 0 amide bonds. The van der Waals surface area contributed by atoms with E-state index in [1.54, 1.807) is 18.3 Å². The summed E-state index contributed by atoms with van der Waals surface area (Å²) < 4.78 is 28.7. The highest BCUT2D eigenvalue weighted by molar-refractivity contribution is 6.76. The van der Waals surface area contributed by atoms with Crippen molar-refractivity contribution in [3.8, 4) is 17.5 Å². The fraction of sp³-hybridized carbons (Fsp3) is 0.389. The monoisotopic (exact) mass is 698 g/mol. The summed E-state index contributed by atoms with van der Waals surface area (Å²) in [4.78, 5) is 18.4. The molecule has 2 aromatic carbocycles. The smallest absolute Gasteiger partial charge is 0.291 e. The Kier molecular flexibility index (Phi) is 10.1. The maximum absolute atomic E-state index is 13.9. The summed E-state index contributed by atoms with van der Waals surface area (Å²) >= 11 is 0. The zero-order chi connectivity index (χ0) is 34.8. The molecular formula is C36H46N6O5Si2. The van der Waals surface area contributed by atoms with Crippen LogP contribution in [0.15, 0.2) is 71.8 Å². The fourth-order valence-electron chi connectivity index (χ4n) is 5.60. The molecule has 13 heteroatoms. The van der Waals surface area contributed by atoms with E-state index in [0.29, 0.717) is 42.9 Å². The van der Waals surface area contributed by atoms with Gasteiger partial charge >= 0.3 is 0 Å². The number of hydrogen-bond donors (Lipinski definition) is 0. The Balaban J connectivity index is 1.18. The Morgan fingerprint density at radius 1 is 0.735 bits per heavy atom. The Labute approximate surface area is 288 Å². The summed E-state index contributed by atoms with van der Waals surface area (Å²) in [5.41, 5.74) is 3.19. The van der Waals surface area contributed by atoms with Gasteiger partial charge in [-0.05, 0) is 35.9 Å². The van der Waals surface area contributed by atoms with Gasteiger partial charge in [0.1, 0.15) is 18.0 Å². The Morgan fingerprint density at radius 2 is 1.43 bits per heavy atom. The molecule has 11 nitrogen and oxygen atoms in total. The van der Waals surface area contributed by atoms with E-state index in [0.717, 1.165) is 51.5 Å². The molecule has 4 aromatic heterocycles. The number of ether oxygens (including phenoxy) is 4. The number of pyridine rings is 1. The number of aryl methyl sites for hydroxylation is 1. The molecule has 0 aliphatic carbocycles. The minimum atomic E-state index is -1.17. The zero-order valence-corrected chi connectivity index (χ0v) is 31.5. The highest BCUT2D eigenvalue weighted by Crippen LogP contribution is 2.31. The average molecular weight is 699 g/mol. The Morgan fingerprint density at radius 3 is 2.20 bits per heavy atom. The zero-order valence-electron chi connectivity index (χ0n) is 29.5. The molecule has 6 aromatic rings. The Bertz CT molecular complexity index is 2140. The highest BCUT2D eigenvalue weighted by atomic mass is 28.3. The molecule has 0 radical (unpaired) electrons. The van der Waals surface area contributed by atoms with Crippen molar-refractivity contribution >= 4 is 48.9 Å². The molecule has 0 atom stereocenters. The summed E-state index contributed by atoms with van der Waals surface area (Å²) in [6, 6.07) is 19.3. The lowest BCUT2D eigenvalue weighted by molar-refractivity contribution is 0.0191. The lowest BCUT2D eigenvalue weighted by Crippen LogP contribution is -2.24. The number of nitrogens with zero attached hydrogens (tertiary/aromatic N) is 6. The van der Waals surface area contributed by atoms with Crippen LogP contribution in [0.1, 0.15) is 5.56 Å². The highest BCUT2D eigenvalue weighted by Gasteiger charge is 2.17. The van der Waals surface area contributed by atoms with E-state index in [1.165, 1.54) is 4.68 Å². The van der Waals surface area contributed by atoms with Gasteiger partial charge in [-0.1, -0.05) is 57.5 Å². The minimum absolute atomic E-state index is 0.140. The summed E-state index contributed by atoms with van der Waals surface area (Å²) in [6.45, 7) is 16.2. The molecular weight excluding hydrogens is 653 g/mol. The number of benzene rings is 2. The number of fused-ring (bicyclic) bond motifs is 4. The van der Waals surface area contributed by atoms with Crippen LogP contribution < -0.4 is 15.0 Å². The molecule has 6 rings (SSSR count). The second kappa shape index (κ2) is 14.3. The third-order valence-corrected chi connectivity index (χ3v) is 11.9. The van der Waals surface area contributed by atoms with Gasteiger partial charge in [0.05, 0.1) is 30.0 Å². The standard InChI is InChI=1S/C36H46N6O5Si2/c1-40-32-20-27(47-34-13-9-12-33(39-34)46-25-45-17-19-49(5,6)7)14-15-28(32)30-22-37-41(36(43)35(30)40)23-26-10-8-11-31-29(26)21-38-42(31)24-44-16-18-48(2,3)4/h8-15,20-22H,16-19,23-25H2,1-7H3. The van der Waals surface area contributed by atoms with Crippen molar-refractivity contribution in [2.75, 3.05) is 20.0 Å². The largest absolute Gasteiger partial charge is 0.450 e. The predicted molar refractivity (Wildman–Crippen MR) is 199 cm³/mol. The van der Waals surface area contributed by atoms with Crippen LogP contribution in [0.5, 0.6) is 17.5 Å². The lowest BCUT2D eigenvalue weighted by Gasteiger charge is -2.15. The van der Waals surface area contributed by atoms with Crippen molar-refractivity contribution < 1.29 is 18.9 Å². The second-order valence-electron chi connectivity index (χ2n) is 14.8. The average Bonchev–Trinajstić information content (AvgIpc) is 3.59. The number of rotatable bonds is 15. The summed E-state index contributed by atoms with van der Waals surface area (Å²) in [5, 5.41) is 11.8. The molecule has 0 N–H and O–H groups in total. The minimum Gasteiger partial charge on any atom is -0.450 e. The van der Waals surface area contributed by atoms with Gasteiger partial charge in [-0.2, -0.15) is 15.2 Å². The first-order valence-electron chi connectivity index (χ1n) is 16.7. The van der Waals surface area contributed by atoms with Crippen LogP contribution in [-0.4, -0.2) is 65.3 Å². The SMILES string of the molecule is Cn1c2cc(Oc3cccc(OCOCC[Si](C)(C)C)n3)ccc2c2cnn(Cc3cccc4c3cnn4COCC[Si](C)(C)C)c(=O)c21. The van der Waals surface area contributed by atoms with E-state index in [-0.39, 0.29) is 12.4 Å². The van der Waals surface area contributed by atoms with E-state index in [2.05, 4.69) is 54.5 Å². The molecule has 0 spiro atoms. The fourth-order valence-corrected chi connectivity index (χ4v) is 7.11. The van der Waals surface area contributed by atoms with Crippen LogP contribution in [0.2, 0.25) is 51.4 Å². The number of aromatic nitrogens is 6. The summed E-state index contributed by atoms with van der Waals surface area (Å²) in [7, 11) is -0.436. The maximum Gasteiger partial charge on any atom is 0.291 e. The van der Waals surface area contributed by atoms with Gasteiger partial charge in [0, 0.05) is 70.8 Å².